The second kappa shape index (κ2) is 7.48. The highest BCUT2D eigenvalue weighted by atomic mass is 79.9. The summed E-state index contributed by atoms with van der Waals surface area (Å²) in [6, 6.07) is 7.45. The molecule has 0 atom stereocenters. The zero-order chi connectivity index (χ0) is 18.7. The zero-order valence-electron chi connectivity index (χ0n) is 13.3. The van der Waals surface area contributed by atoms with E-state index in [1.807, 2.05) is 0 Å². The summed E-state index contributed by atoms with van der Waals surface area (Å²) in [5.74, 6) is -1.58. The first-order valence-corrected chi connectivity index (χ1v) is 8.24. The van der Waals surface area contributed by atoms with E-state index in [-0.39, 0.29) is 18.1 Å². The van der Waals surface area contributed by atoms with E-state index < -0.39 is 11.9 Å². The van der Waals surface area contributed by atoms with Crippen LogP contribution in [0.3, 0.4) is 0 Å². The van der Waals surface area contributed by atoms with Gasteiger partial charge < -0.3 is 10.4 Å². The maximum Gasteiger partial charge on any atom is 0.325 e. The Balaban J connectivity index is 1.68. The van der Waals surface area contributed by atoms with Crippen LogP contribution in [0.4, 0.5) is 10.2 Å². The lowest BCUT2D eigenvalue weighted by atomic mass is 10.2. The van der Waals surface area contributed by atoms with Gasteiger partial charge in [0.25, 0.3) is 5.91 Å². The molecule has 0 saturated heterocycles. The summed E-state index contributed by atoms with van der Waals surface area (Å²) in [6.07, 6.45) is 3.09. The number of amides is 1. The van der Waals surface area contributed by atoms with Gasteiger partial charge in [-0.3, -0.25) is 19.0 Å². The number of anilines is 1. The molecule has 0 spiro atoms. The summed E-state index contributed by atoms with van der Waals surface area (Å²) in [4.78, 5) is 22.9. The molecule has 2 heterocycles. The first-order valence-electron chi connectivity index (χ1n) is 7.45. The monoisotopic (exact) mass is 421 g/mol. The van der Waals surface area contributed by atoms with E-state index in [1.165, 1.54) is 24.4 Å². The predicted octanol–water partition coefficient (Wildman–Crippen LogP) is 2.37. The number of carbonyl (C=O) groups is 2. The van der Waals surface area contributed by atoms with Crippen molar-refractivity contribution in [1.82, 2.24) is 19.6 Å². The second-order valence-corrected chi connectivity index (χ2v) is 6.25. The van der Waals surface area contributed by atoms with Crippen LogP contribution in [-0.2, 0) is 17.9 Å². The Kier molecular flexibility index (Phi) is 5.12. The number of nitrogens with zero attached hydrogens (tertiary/aromatic N) is 4. The summed E-state index contributed by atoms with van der Waals surface area (Å²) in [7, 11) is 0. The Morgan fingerprint density at radius 2 is 1.88 bits per heavy atom. The molecule has 0 unspecified atom stereocenters. The number of carboxylic acids is 1. The molecule has 3 rings (SSSR count). The van der Waals surface area contributed by atoms with Crippen LogP contribution in [0.2, 0.25) is 0 Å². The average Bonchev–Trinajstić information content (AvgIpc) is 3.16. The van der Waals surface area contributed by atoms with Crippen molar-refractivity contribution in [2.45, 2.75) is 13.1 Å². The Morgan fingerprint density at radius 1 is 1.15 bits per heavy atom. The van der Waals surface area contributed by atoms with Crippen molar-refractivity contribution in [2.75, 3.05) is 5.32 Å². The smallest absolute Gasteiger partial charge is 0.325 e. The van der Waals surface area contributed by atoms with Crippen molar-refractivity contribution >= 4 is 33.6 Å². The number of carbonyl (C=O) groups excluding carboxylic acids is 1. The van der Waals surface area contributed by atoms with Gasteiger partial charge in [-0.1, -0.05) is 12.1 Å². The van der Waals surface area contributed by atoms with Crippen molar-refractivity contribution in [3.8, 4) is 0 Å². The first kappa shape index (κ1) is 17.8. The van der Waals surface area contributed by atoms with Crippen LogP contribution in [0.1, 0.15) is 16.1 Å². The highest BCUT2D eigenvalue weighted by Gasteiger charge is 2.15. The quantitative estimate of drug-likeness (QED) is 0.635. The van der Waals surface area contributed by atoms with Gasteiger partial charge in [-0.05, 0) is 39.7 Å². The topological polar surface area (TPSA) is 102 Å². The van der Waals surface area contributed by atoms with Gasteiger partial charge in [0.1, 0.15) is 12.4 Å². The van der Waals surface area contributed by atoms with Gasteiger partial charge in [0, 0.05) is 12.4 Å². The molecule has 0 radical (unpaired) electrons. The SMILES string of the molecule is O=C(O)Cn1ccc(C(=O)Nc2nn(Cc3ccc(F)cc3)cc2Br)n1. The highest BCUT2D eigenvalue weighted by Crippen LogP contribution is 2.21. The van der Waals surface area contributed by atoms with Gasteiger partial charge in [0.15, 0.2) is 11.5 Å². The van der Waals surface area contributed by atoms with E-state index in [9.17, 15) is 14.0 Å². The van der Waals surface area contributed by atoms with Crippen LogP contribution in [0, 0.1) is 5.82 Å². The molecule has 1 amide bonds. The number of hydrogen-bond acceptors (Lipinski definition) is 4. The Labute approximate surface area is 155 Å². The molecule has 1 aromatic carbocycles. The third kappa shape index (κ3) is 4.33. The summed E-state index contributed by atoms with van der Waals surface area (Å²) in [5, 5.41) is 19.5. The van der Waals surface area contributed by atoms with Crippen LogP contribution >= 0.6 is 15.9 Å². The molecule has 0 fully saturated rings. The minimum absolute atomic E-state index is 0.0752. The summed E-state index contributed by atoms with van der Waals surface area (Å²) in [6.45, 7) is 0.0747. The van der Waals surface area contributed by atoms with E-state index in [2.05, 4.69) is 31.4 Å². The molecule has 8 nitrogen and oxygen atoms in total. The lowest BCUT2D eigenvalue weighted by Gasteiger charge is -2.02. The number of hydrogen-bond donors (Lipinski definition) is 2. The molecule has 26 heavy (non-hydrogen) atoms. The Hall–Kier alpha value is -3.01. The average molecular weight is 422 g/mol. The molecule has 134 valence electrons. The molecule has 2 N–H and O–H groups in total. The van der Waals surface area contributed by atoms with Gasteiger partial charge in [-0.25, -0.2) is 4.39 Å². The standard InChI is InChI=1S/C16H13BrFN5O3/c17-12-8-23(7-10-1-3-11(18)4-2-10)21-15(12)19-16(26)13-5-6-22(20-13)9-14(24)25/h1-6,8H,7,9H2,(H,24,25)(H,19,21,26). The van der Waals surface area contributed by atoms with E-state index >= 15 is 0 Å². The number of aliphatic carboxylic acids is 1. The Bertz CT molecular complexity index is 951. The highest BCUT2D eigenvalue weighted by molar-refractivity contribution is 9.10. The van der Waals surface area contributed by atoms with E-state index in [4.69, 9.17) is 5.11 Å². The van der Waals surface area contributed by atoms with E-state index in [0.29, 0.717) is 16.8 Å². The molecule has 0 aliphatic heterocycles. The minimum atomic E-state index is -1.05. The molecule has 3 aromatic rings. The number of benzene rings is 1. The van der Waals surface area contributed by atoms with Crippen LogP contribution in [0.25, 0.3) is 0 Å². The van der Waals surface area contributed by atoms with Crippen LogP contribution < -0.4 is 5.32 Å². The van der Waals surface area contributed by atoms with Crippen LogP contribution in [0.5, 0.6) is 0 Å². The summed E-state index contributed by atoms with van der Waals surface area (Å²) < 4.78 is 16.3. The van der Waals surface area contributed by atoms with Crippen molar-refractivity contribution in [2.24, 2.45) is 0 Å². The predicted molar refractivity (Wildman–Crippen MR) is 93.2 cm³/mol. The second-order valence-electron chi connectivity index (χ2n) is 5.40. The van der Waals surface area contributed by atoms with Crippen LogP contribution in [-0.4, -0.2) is 36.5 Å². The Morgan fingerprint density at radius 3 is 2.58 bits per heavy atom. The molecule has 10 heteroatoms. The fourth-order valence-corrected chi connectivity index (χ4v) is 2.64. The maximum atomic E-state index is 13.0. The van der Waals surface area contributed by atoms with Crippen molar-refractivity contribution < 1.29 is 19.1 Å². The normalized spacial score (nSPS) is 10.7. The third-order valence-corrected chi connectivity index (χ3v) is 3.96. The van der Waals surface area contributed by atoms with Gasteiger partial charge in [0.2, 0.25) is 0 Å². The minimum Gasteiger partial charge on any atom is -0.480 e. The van der Waals surface area contributed by atoms with E-state index in [0.717, 1.165) is 10.2 Å². The van der Waals surface area contributed by atoms with Crippen molar-refractivity contribution in [3.63, 3.8) is 0 Å². The first-order chi connectivity index (χ1) is 12.4. The van der Waals surface area contributed by atoms with Gasteiger partial charge in [0.05, 0.1) is 11.0 Å². The zero-order valence-corrected chi connectivity index (χ0v) is 14.9. The van der Waals surface area contributed by atoms with Crippen molar-refractivity contribution in [3.05, 3.63) is 64.3 Å². The molecule has 0 aliphatic rings. The number of nitrogens with one attached hydrogen (secondary N) is 1. The summed E-state index contributed by atoms with van der Waals surface area (Å²) in [5.41, 5.74) is 0.929. The number of carboxylic acid groups (broad SMARTS) is 1. The van der Waals surface area contributed by atoms with Crippen molar-refractivity contribution in [1.29, 1.82) is 0 Å². The lowest BCUT2D eigenvalue weighted by Crippen LogP contribution is -2.15. The number of halogens is 2. The fourth-order valence-electron chi connectivity index (χ4n) is 2.22. The molecular formula is C16H13BrFN5O3. The lowest BCUT2D eigenvalue weighted by molar-refractivity contribution is -0.137. The van der Waals surface area contributed by atoms with Gasteiger partial charge in [-0.2, -0.15) is 10.2 Å². The van der Waals surface area contributed by atoms with E-state index in [1.54, 1.807) is 23.0 Å². The molecule has 0 aliphatic carbocycles. The largest absolute Gasteiger partial charge is 0.480 e. The van der Waals surface area contributed by atoms with Gasteiger partial charge >= 0.3 is 5.97 Å². The van der Waals surface area contributed by atoms with Crippen LogP contribution in [0.15, 0.2) is 47.2 Å². The summed E-state index contributed by atoms with van der Waals surface area (Å²) >= 11 is 3.32. The maximum absolute atomic E-state index is 13.0. The van der Waals surface area contributed by atoms with Gasteiger partial charge in [-0.15, -0.1) is 0 Å². The molecule has 0 saturated carbocycles. The molecular weight excluding hydrogens is 409 g/mol. The fraction of sp³-hybridized carbons (Fsp3) is 0.125. The third-order valence-electron chi connectivity index (χ3n) is 3.38. The number of rotatable bonds is 6. The number of aromatic nitrogens is 4. The molecule has 0 bridgehead atoms. The molecule has 2 aromatic heterocycles.